The molecule has 0 spiro atoms. The Morgan fingerprint density at radius 2 is 2.00 bits per heavy atom. The molecular formula is C7H7ClFZn. The largest absolute Gasteiger partial charge is 0.147 e. The Morgan fingerprint density at radius 1 is 1.40 bits per heavy atom. The fourth-order valence-electron chi connectivity index (χ4n) is 0.659. The maximum Gasteiger partial charge on any atom is -0.147 e. The molecule has 0 fully saturated rings. The molecule has 0 bridgehead atoms. The van der Waals surface area contributed by atoms with Gasteiger partial charge in [-0.1, -0.05) is 0 Å². The van der Waals surface area contributed by atoms with Crippen LogP contribution >= 0.6 is 12.4 Å². The minimum atomic E-state index is -0.135. The van der Waals surface area contributed by atoms with Crippen LogP contribution in [-0.2, 0) is 18.3 Å². The van der Waals surface area contributed by atoms with Gasteiger partial charge < -0.3 is 0 Å². The molecule has 0 unspecified atom stereocenters. The van der Waals surface area contributed by atoms with Crippen LogP contribution in [-0.4, -0.2) is 0 Å². The van der Waals surface area contributed by atoms with Gasteiger partial charge in [-0.25, -0.2) is 0 Å². The van der Waals surface area contributed by atoms with Gasteiger partial charge in [-0.3, -0.25) is 0 Å². The second kappa shape index (κ2) is 4.05. The van der Waals surface area contributed by atoms with Crippen molar-refractivity contribution in [2.75, 3.05) is 0 Å². The maximum absolute atomic E-state index is 12.4. The topological polar surface area (TPSA) is 0 Å². The van der Waals surface area contributed by atoms with Crippen molar-refractivity contribution in [3.8, 4) is 0 Å². The van der Waals surface area contributed by atoms with Gasteiger partial charge in [-0.05, 0) is 0 Å². The molecule has 0 aliphatic rings. The summed E-state index contributed by atoms with van der Waals surface area (Å²) in [5, 5.41) is 0. The minimum absolute atomic E-state index is 0. The zero-order chi connectivity index (χ0) is 6.85. The summed E-state index contributed by atoms with van der Waals surface area (Å²) in [7, 11) is 0. The molecule has 0 nitrogen and oxygen atoms in total. The molecule has 1 aromatic carbocycles. The Hall–Kier alpha value is 0.0634. The minimum Gasteiger partial charge on any atom is -0.147 e. The van der Waals surface area contributed by atoms with E-state index in [0.29, 0.717) is 0 Å². The maximum atomic E-state index is 12.4. The molecule has 3 heteroatoms. The molecular weight excluding hydrogens is 204 g/mol. The van der Waals surface area contributed by atoms with Gasteiger partial charge in [-0.2, -0.15) is 0 Å². The average molecular weight is 211 g/mol. The average Bonchev–Trinajstić information content (AvgIpc) is 1.80. The third-order valence-corrected chi connectivity index (χ3v) is 2.97. The van der Waals surface area contributed by atoms with Crippen LogP contribution in [0.3, 0.4) is 0 Å². The van der Waals surface area contributed by atoms with Gasteiger partial charge in [0.15, 0.2) is 0 Å². The molecule has 0 saturated heterocycles. The third-order valence-electron chi connectivity index (χ3n) is 1.30. The van der Waals surface area contributed by atoms with Crippen LogP contribution in [0.15, 0.2) is 18.2 Å². The number of halogens is 2. The molecule has 1 aromatic rings. The first-order valence-electron chi connectivity index (χ1n) is 2.78. The van der Waals surface area contributed by atoms with E-state index >= 15 is 0 Å². The van der Waals surface area contributed by atoms with E-state index in [1.807, 2.05) is 13.0 Å². The Morgan fingerprint density at radius 3 is 2.40 bits per heavy atom. The Balaban J connectivity index is 0.000000810. The molecule has 51 valence electrons. The van der Waals surface area contributed by atoms with Crippen molar-refractivity contribution >= 4 is 16.6 Å². The molecule has 0 aromatic heterocycles. The van der Waals surface area contributed by atoms with Gasteiger partial charge in [0.1, 0.15) is 0 Å². The van der Waals surface area contributed by atoms with E-state index in [1.165, 1.54) is 10.2 Å². The number of hydrogen-bond acceptors (Lipinski definition) is 0. The molecule has 0 N–H and O–H groups in total. The summed E-state index contributed by atoms with van der Waals surface area (Å²) in [5.74, 6) is -0.135. The molecule has 1 rings (SSSR count). The van der Waals surface area contributed by atoms with Crippen LogP contribution < -0.4 is 4.16 Å². The predicted octanol–water partition coefficient (Wildman–Crippen LogP) is 1.73. The van der Waals surface area contributed by atoms with Crippen LogP contribution in [0.1, 0.15) is 5.56 Å². The molecule has 0 aliphatic carbocycles. The van der Waals surface area contributed by atoms with Crippen molar-refractivity contribution < 1.29 is 22.7 Å². The summed E-state index contributed by atoms with van der Waals surface area (Å²) >= 11 is 1.10. The van der Waals surface area contributed by atoms with Gasteiger partial charge in [-0.15, -0.1) is 12.4 Å². The van der Waals surface area contributed by atoms with Crippen molar-refractivity contribution in [3.05, 3.63) is 29.6 Å². The van der Waals surface area contributed by atoms with E-state index < -0.39 is 0 Å². The summed E-state index contributed by atoms with van der Waals surface area (Å²) in [6.07, 6.45) is 0. The van der Waals surface area contributed by atoms with Crippen molar-refractivity contribution in [2.24, 2.45) is 0 Å². The molecule has 0 saturated carbocycles. The zero-order valence-electron chi connectivity index (χ0n) is 5.73. The Labute approximate surface area is 75.9 Å². The van der Waals surface area contributed by atoms with Crippen molar-refractivity contribution in [2.45, 2.75) is 6.92 Å². The van der Waals surface area contributed by atoms with Gasteiger partial charge in [0.2, 0.25) is 0 Å². The number of aryl methyl sites for hydroxylation is 1. The SMILES string of the molecule is Cc1cc(F)cc[c]1[Zn].Cl. The standard InChI is InChI=1S/C7H6F.ClH.Zn/c1-6-3-2-4-7(8)5-6;;/h2,4-5H,1H3;1H;. The third kappa shape index (κ3) is 2.36. The predicted molar refractivity (Wildman–Crippen MR) is 38.0 cm³/mol. The summed E-state index contributed by atoms with van der Waals surface area (Å²) < 4.78 is 13.6. The fourth-order valence-corrected chi connectivity index (χ4v) is 1.12. The zero-order valence-corrected chi connectivity index (χ0v) is 9.51. The Kier molecular flexibility index (Phi) is 4.08. The van der Waals surface area contributed by atoms with E-state index in [9.17, 15) is 4.39 Å². The molecule has 10 heavy (non-hydrogen) atoms. The van der Waals surface area contributed by atoms with E-state index in [-0.39, 0.29) is 18.2 Å². The summed E-state index contributed by atoms with van der Waals surface area (Å²) in [6.45, 7) is 1.93. The molecule has 0 heterocycles. The second-order valence-electron chi connectivity index (χ2n) is 2.07. The van der Waals surface area contributed by atoms with E-state index in [0.717, 1.165) is 23.9 Å². The molecule has 0 aliphatic heterocycles. The molecule has 0 atom stereocenters. The van der Waals surface area contributed by atoms with E-state index in [4.69, 9.17) is 0 Å². The normalized spacial score (nSPS) is 8.80. The van der Waals surface area contributed by atoms with Gasteiger partial charge >= 0.3 is 63.4 Å². The van der Waals surface area contributed by atoms with Gasteiger partial charge in [0.05, 0.1) is 0 Å². The van der Waals surface area contributed by atoms with Crippen LogP contribution in [0.4, 0.5) is 4.39 Å². The number of benzene rings is 1. The summed E-state index contributed by atoms with van der Waals surface area (Å²) in [4.78, 5) is 0. The van der Waals surface area contributed by atoms with Gasteiger partial charge in [0, 0.05) is 0 Å². The number of rotatable bonds is 0. The second-order valence-corrected chi connectivity index (χ2v) is 3.67. The quantitative estimate of drug-likeness (QED) is 0.573. The summed E-state index contributed by atoms with van der Waals surface area (Å²) in [6, 6.07) is 4.91. The first kappa shape index (κ1) is 10.1. The molecule has 0 radical (unpaired) electrons. The van der Waals surface area contributed by atoms with Crippen molar-refractivity contribution in [1.29, 1.82) is 0 Å². The van der Waals surface area contributed by atoms with E-state index in [1.54, 1.807) is 6.07 Å². The van der Waals surface area contributed by atoms with Crippen LogP contribution in [0.5, 0.6) is 0 Å². The van der Waals surface area contributed by atoms with Gasteiger partial charge in [0.25, 0.3) is 0 Å². The fraction of sp³-hybridized carbons (Fsp3) is 0.143. The van der Waals surface area contributed by atoms with E-state index in [2.05, 4.69) is 0 Å². The smallest absolute Gasteiger partial charge is 0.147 e. The number of hydrogen-bond donors (Lipinski definition) is 0. The Bertz CT molecular complexity index is 225. The van der Waals surface area contributed by atoms with Crippen molar-refractivity contribution in [1.82, 2.24) is 0 Å². The van der Waals surface area contributed by atoms with Crippen LogP contribution in [0.25, 0.3) is 0 Å². The van der Waals surface area contributed by atoms with Crippen LogP contribution in [0.2, 0.25) is 0 Å². The molecule has 0 amide bonds. The summed E-state index contributed by atoms with van der Waals surface area (Å²) in [5.41, 5.74) is 1.06. The first-order valence-corrected chi connectivity index (χ1v) is 4.26. The first-order chi connectivity index (χ1) is 4.20. The monoisotopic (exact) mass is 209 g/mol. The van der Waals surface area contributed by atoms with Crippen LogP contribution in [0, 0.1) is 12.7 Å². The van der Waals surface area contributed by atoms with Crippen molar-refractivity contribution in [3.63, 3.8) is 0 Å².